The van der Waals surface area contributed by atoms with Crippen LogP contribution in [0.2, 0.25) is 10.0 Å². The normalized spacial score (nSPS) is 10.9. The van der Waals surface area contributed by atoms with E-state index in [4.69, 9.17) is 32.4 Å². The van der Waals surface area contributed by atoms with Crippen LogP contribution in [0.15, 0.2) is 65.3 Å². The molecule has 0 atom stereocenters. The Labute approximate surface area is 214 Å². The number of hydrogen-bond acceptors (Lipinski definition) is 4. The van der Waals surface area contributed by atoms with E-state index in [0.717, 1.165) is 5.56 Å². The zero-order valence-electron chi connectivity index (χ0n) is 19.4. The van der Waals surface area contributed by atoms with Gasteiger partial charge in [0.25, 0.3) is 5.91 Å². The molecule has 186 valence electrons. The average Bonchev–Trinajstić information content (AvgIpc) is 3.35. The van der Waals surface area contributed by atoms with Crippen LogP contribution < -0.4 is 0 Å². The van der Waals surface area contributed by atoms with Gasteiger partial charge in [-0.15, -0.1) is 0 Å². The third kappa shape index (κ3) is 8.09. The maximum Gasteiger partial charge on any atom is 0.255 e. The highest BCUT2D eigenvalue weighted by molar-refractivity contribution is 6.36. The van der Waals surface area contributed by atoms with Gasteiger partial charge >= 0.3 is 0 Å². The molecule has 0 radical (unpaired) electrons. The number of carbonyl (C=O) groups is 2. The minimum absolute atomic E-state index is 0.175. The first kappa shape index (κ1) is 26.7. The van der Waals surface area contributed by atoms with Gasteiger partial charge in [0.2, 0.25) is 5.91 Å². The summed E-state index contributed by atoms with van der Waals surface area (Å²) in [5.41, 5.74) is 1.01. The van der Waals surface area contributed by atoms with Crippen molar-refractivity contribution in [2.24, 2.45) is 0 Å². The molecule has 6 nitrogen and oxygen atoms in total. The summed E-state index contributed by atoms with van der Waals surface area (Å²) in [6, 6.07) is 14.1. The molecular weight excluding hydrogens is 494 g/mol. The minimum Gasteiger partial charge on any atom is -0.467 e. The van der Waals surface area contributed by atoms with E-state index in [1.54, 1.807) is 41.3 Å². The molecule has 1 aromatic heterocycles. The predicted molar refractivity (Wildman–Crippen MR) is 133 cm³/mol. The van der Waals surface area contributed by atoms with E-state index in [0.29, 0.717) is 37.0 Å². The lowest BCUT2D eigenvalue weighted by molar-refractivity contribution is -0.133. The van der Waals surface area contributed by atoms with E-state index in [9.17, 15) is 14.0 Å². The van der Waals surface area contributed by atoms with Crippen LogP contribution >= 0.6 is 23.2 Å². The van der Waals surface area contributed by atoms with Crippen LogP contribution in [-0.4, -0.2) is 47.9 Å². The summed E-state index contributed by atoms with van der Waals surface area (Å²) in [5.74, 6) is -0.434. The fourth-order valence-corrected chi connectivity index (χ4v) is 3.97. The van der Waals surface area contributed by atoms with Crippen LogP contribution in [0.1, 0.15) is 35.0 Å². The molecule has 0 aliphatic heterocycles. The molecule has 1 heterocycles. The van der Waals surface area contributed by atoms with Crippen molar-refractivity contribution in [2.45, 2.75) is 26.4 Å². The van der Waals surface area contributed by atoms with Gasteiger partial charge in [-0.2, -0.15) is 0 Å². The number of hydrogen-bond donors (Lipinski definition) is 0. The van der Waals surface area contributed by atoms with Crippen molar-refractivity contribution in [3.8, 4) is 0 Å². The summed E-state index contributed by atoms with van der Waals surface area (Å²) < 4.78 is 24.2. The first-order valence-electron chi connectivity index (χ1n) is 11.2. The highest BCUT2D eigenvalue weighted by Crippen LogP contribution is 2.23. The average molecular weight is 521 g/mol. The monoisotopic (exact) mass is 520 g/mol. The van der Waals surface area contributed by atoms with Gasteiger partial charge in [0.05, 0.1) is 23.4 Å². The molecule has 3 aromatic rings. The Hall–Kier alpha value is -2.87. The molecule has 0 bridgehead atoms. The van der Waals surface area contributed by atoms with Crippen LogP contribution in [0.4, 0.5) is 4.39 Å². The quantitative estimate of drug-likeness (QED) is 0.282. The van der Waals surface area contributed by atoms with Crippen LogP contribution in [0.25, 0.3) is 0 Å². The number of halogens is 3. The second-order valence-electron chi connectivity index (χ2n) is 7.86. The number of ether oxygens (including phenoxy) is 1. The Morgan fingerprint density at radius 1 is 1.03 bits per heavy atom. The van der Waals surface area contributed by atoms with E-state index >= 15 is 0 Å². The van der Waals surface area contributed by atoms with Crippen molar-refractivity contribution >= 4 is 35.0 Å². The van der Waals surface area contributed by atoms with E-state index < -0.39 is 0 Å². The van der Waals surface area contributed by atoms with Crippen molar-refractivity contribution in [2.75, 3.05) is 26.3 Å². The first-order chi connectivity index (χ1) is 16.9. The van der Waals surface area contributed by atoms with Gasteiger partial charge < -0.3 is 19.0 Å². The van der Waals surface area contributed by atoms with Crippen molar-refractivity contribution in [3.63, 3.8) is 0 Å². The Morgan fingerprint density at radius 3 is 2.46 bits per heavy atom. The third-order valence-corrected chi connectivity index (χ3v) is 5.81. The molecule has 0 aliphatic rings. The lowest BCUT2D eigenvalue weighted by Crippen LogP contribution is -2.43. The summed E-state index contributed by atoms with van der Waals surface area (Å²) >= 11 is 12.3. The van der Waals surface area contributed by atoms with Gasteiger partial charge in [-0.1, -0.05) is 35.3 Å². The van der Waals surface area contributed by atoms with Gasteiger partial charge in [0, 0.05) is 31.3 Å². The van der Waals surface area contributed by atoms with Crippen molar-refractivity contribution in [1.82, 2.24) is 9.80 Å². The fraction of sp³-hybridized carbons (Fsp3) is 0.308. The number of furan rings is 1. The van der Waals surface area contributed by atoms with E-state index in [1.165, 1.54) is 29.4 Å². The molecule has 0 unspecified atom stereocenters. The van der Waals surface area contributed by atoms with E-state index in [1.807, 2.05) is 6.92 Å². The van der Waals surface area contributed by atoms with Crippen molar-refractivity contribution in [1.29, 1.82) is 0 Å². The standard InChI is InChI=1S/C26H27Cl2FN2O4/c1-2-34-13-4-12-30(26(33)23-11-8-20(27)15-24(23)28)18-25(32)31(17-22-5-3-14-35-22)16-19-6-9-21(29)10-7-19/h3,5-11,14-15H,2,4,12-13,16-18H2,1H3. The maximum atomic E-state index is 13.4. The zero-order valence-corrected chi connectivity index (χ0v) is 20.9. The molecule has 2 aromatic carbocycles. The number of amides is 2. The smallest absolute Gasteiger partial charge is 0.255 e. The molecule has 9 heteroatoms. The van der Waals surface area contributed by atoms with Gasteiger partial charge in [-0.05, 0) is 61.4 Å². The Balaban J connectivity index is 1.81. The number of carbonyl (C=O) groups excluding carboxylic acids is 2. The van der Waals surface area contributed by atoms with Crippen LogP contribution in [0.3, 0.4) is 0 Å². The Kier molecular flexibility index (Phi) is 10.1. The molecule has 0 saturated carbocycles. The van der Waals surface area contributed by atoms with Crippen LogP contribution in [0, 0.1) is 5.82 Å². The molecule has 3 rings (SSSR count). The lowest BCUT2D eigenvalue weighted by atomic mass is 10.1. The van der Waals surface area contributed by atoms with Gasteiger partial charge in [-0.3, -0.25) is 9.59 Å². The summed E-state index contributed by atoms with van der Waals surface area (Å²) in [5, 5.41) is 0.623. The lowest BCUT2D eigenvalue weighted by Gasteiger charge is -2.28. The molecule has 0 N–H and O–H groups in total. The Bertz CT molecular complexity index is 1110. The highest BCUT2D eigenvalue weighted by Gasteiger charge is 2.24. The van der Waals surface area contributed by atoms with Crippen molar-refractivity contribution in [3.05, 3.63) is 93.6 Å². The summed E-state index contributed by atoms with van der Waals surface area (Å²) in [6.45, 7) is 3.45. The van der Waals surface area contributed by atoms with E-state index in [2.05, 4.69) is 0 Å². The second-order valence-corrected chi connectivity index (χ2v) is 8.70. The van der Waals surface area contributed by atoms with Crippen molar-refractivity contribution < 1.29 is 23.1 Å². The molecule has 0 spiro atoms. The molecular formula is C26H27Cl2FN2O4. The second kappa shape index (κ2) is 13.3. The predicted octanol–water partition coefficient (Wildman–Crippen LogP) is 5.82. The van der Waals surface area contributed by atoms with Gasteiger partial charge in [0.15, 0.2) is 0 Å². The van der Waals surface area contributed by atoms with E-state index in [-0.39, 0.29) is 47.9 Å². The first-order valence-corrected chi connectivity index (χ1v) is 12.0. The largest absolute Gasteiger partial charge is 0.467 e. The Morgan fingerprint density at radius 2 is 1.80 bits per heavy atom. The molecule has 2 amide bonds. The van der Waals surface area contributed by atoms with Gasteiger partial charge in [-0.25, -0.2) is 4.39 Å². The molecule has 0 aliphatic carbocycles. The molecule has 0 fully saturated rings. The zero-order chi connectivity index (χ0) is 25.2. The number of rotatable bonds is 12. The summed E-state index contributed by atoms with van der Waals surface area (Å²) in [4.78, 5) is 29.8. The SMILES string of the molecule is CCOCCCN(CC(=O)N(Cc1ccc(F)cc1)Cc1ccco1)C(=O)c1ccc(Cl)cc1Cl. The fourth-order valence-electron chi connectivity index (χ4n) is 3.48. The number of benzene rings is 2. The van der Waals surface area contributed by atoms with Gasteiger partial charge in [0.1, 0.15) is 18.1 Å². The number of nitrogens with zero attached hydrogens (tertiary/aromatic N) is 2. The molecule has 35 heavy (non-hydrogen) atoms. The minimum atomic E-state index is -0.378. The topological polar surface area (TPSA) is 63.0 Å². The summed E-state index contributed by atoms with van der Waals surface area (Å²) in [7, 11) is 0. The highest BCUT2D eigenvalue weighted by atomic mass is 35.5. The molecule has 0 saturated heterocycles. The van der Waals surface area contributed by atoms with Crippen LogP contribution in [-0.2, 0) is 22.6 Å². The maximum absolute atomic E-state index is 13.4. The third-order valence-electron chi connectivity index (χ3n) is 5.26. The summed E-state index contributed by atoms with van der Waals surface area (Å²) in [6.07, 6.45) is 2.08. The van der Waals surface area contributed by atoms with Crippen LogP contribution in [0.5, 0.6) is 0 Å².